The minimum Gasteiger partial charge on any atom is -0.481 e. The predicted octanol–water partition coefficient (Wildman–Crippen LogP) is 4.07. The van der Waals surface area contributed by atoms with Crippen molar-refractivity contribution in [3.8, 4) is 0 Å². The van der Waals surface area contributed by atoms with Crippen LogP contribution in [0, 0.1) is 35.5 Å². The number of aliphatic hydroxyl groups excluding tert-OH is 2. The number of esters is 1. The Labute approximate surface area is 210 Å². The zero-order valence-electron chi connectivity index (χ0n) is 21.9. The SMILES string of the molecule is C[C@@H]1C[C@H](C)C[C@H](C)[C@@H](O)CC(=O)O[C@@H](C2CCC[C@H]2C(=O)O)C/C=C/C=C(/CN)[C@H](O)[C@@H](C)C1. The van der Waals surface area contributed by atoms with E-state index < -0.39 is 36.2 Å². The van der Waals surface area contributed by atoms with Gasteiger partial charge in [-0.25, -0.2) is 0 Å². The number of nitrogens with two attached hydrogens (primary N) is 1. The standard InChI is InChI=1S/C28H47NO6/c1-17-12-18(2)14-20(4)27(32)21(16-29)8-5-6-11-25(22-9-7-10-23(22)28(33)34)35-26(31)15-24(30)19(3)13-17/h5-6,8,17-20,22-25,27,30,32H,7,9-16,29H2,1-4H3,(H,33,34)/b6-5+,21-8-/t17-,18+,19-,20-,22?,23+,24-,25+,27+/m0/s1. The molecule has 9 atom stereocenters. The molecule has 0 bridgehead atoms. The monoisotopic (exact) mass is 493 g/mol. The van der Waals surface area contributed by atoms with Gasteiger partial charge in [-0.1, -0.05) is 52.3 Å². The molecule has 200 valence electrons. The Kier molecular flexibility index (Phi) is 11.9. The number of allylic oxidation sites excluding steroid dienone is 2. The van der Waals surface area contributed by atoms with E-state index in [-0.39, 0.29) is 30.7 Å². The van der Waals surface area contributed by atoms with Crippen molar-refractivity contribution in [1.29, 1.82) is 0 Å². The van der Waals surface area contributed by atoms with Crippen molar-refractivity contribution in [1.82, 2.24) is 0 Å². The molecule has 0 saturated heterocycles. The largest absolute Gasteiger partial charge is 0.481 e. The molecule has 1 saturated carbocycles. The van der Waals surface area contributed by atoms with Crippen LogP contribution in [-0.2, 0) is 14.3 Å². The van der Waals surface area contributed by atoms with Crippen LogP contribution in [0.25, 0.3) is 0 Å². The van der Waals surface area contributed by atoms with E-state index in [1.54, 1.807) is 0 Å². The maximum Gasteiger partial charge on any atom is 0.308 e. The molecule has 0 aromatic rings. The Hall–Kier alpha value is -1.70. The maximum absolute atomic E-state index is 12.8. The quantitative estimate of drug-likeness (QED) is 0.436. The summed E-state index contributed by atoms with van der Waals surface area (Å²) in [6.45, 7) is 8.61. The summed E-state index contributed by atoms with van der Waals surface area (Å²) in [5.41, 5.74) is 6.69. The van der Waals surface area contributed by atoms with Gasteiger partial charge < -0.3 is 25.8 Å². The molecule has 2 aliphatic rings. The first kappa shape index (κ1) is 29.5. The first-order valence-corrected chi connectivity index (χ1v) is 13.4. The first-order chi connectivity index (χ1) is 16.5. The molecule has 2 rings (SSSR count). The van der Waals surface area contributed by atoms with Gasteiger partial charge in [-0.3, -0.25) is 9.59 Å². The van der Waals surface area contributed by atoms with Crippen molar-refractivity contribution < 1.29 is 29.6 Å². The number of aliphatic hydroxyl groups is 2. The van der Waals surface area contributed by atoms with Crippen LogP contribution in [0.4, 0.5) is 0 Å². The summed E-state index contributed by atoms with van der Waals surface area (Å²) in [4.78, 5) is 24.5. The van der Waals surface area contributed by atoms with Gasteiger partial charge in [-0.15, -0.1) is 0 Å². The Morgan fingerprint density at radius 3 is 2.34 bits per heavy atom. The van der Waals surface area contributed by atoms with Crippen LogP contribution in [0.2, 0.25) is 0 Å². The van der Waals surface area contributed by atoms with Crippen LogP contribution in [-0.4, -0.2) is 52.1 Å². The summed E-state index contributed by atoms with van der Waals surface area (Å²) < 4.78 is 5.81. The molecule has 7 heteroatoms. The summed E-state index contributed by atoms with van der Waals surface area (Å²) in [5, 5.41) is 31.2. The molecule has 1 fully saturated rings. The van der Waals surface area contributed by atoms with Crippen molar-refractivity contribution in [2.24, 2.45) is 41.2 Å². The molecule has 1 unspecified atom stereocenters. The van der Waals surface area contributed by atoms with Crippen molar-refractivity contribution >= 4 is 11.9 Å². The van der Waals surface area contributed by atoms with E-state index in [2.05, 4.69) is 13.8 Å². The fourth-order valence-corrected chi connectivity index (χ4v) is 6.13. The number of carbonyl (C=O) groups excluding carboxylic acids is 1. The summed E-state index contributed by atoms with van der Waals surface area (Å²) in [6, 6.07) is 0. The van der Waals surface area contributed by atoms with Gasteiger partial charge in [-0.2, -0.15) is 0 Å². The molecule has 0 aromatic heterocycles. The lowest BCUT2D eigenvalue weighted by Gasteiger charge is -2.28. The fourth-order valence-electron chi connectivity index (χ4n) is 6.13. The lowest BCUT2D eigenvalue weighted by atomic mass is 9.82. The highest BCUT2D eigenvalue weighted by molar-refractivity contribution is 5.72. The highest BCUT2D eigenvalue weighted by atomic mass is 16.5. The average Bonchev–Trinajstić information content (AvgIpc) is 3.27. The van der Waals surface area contributed by atoms with Crippen molar-refractivity contribution in [3.05, 3.63) is 23.8 Å². The van der Waals surface area contributed by atoms with Gasteiger partial charge in [0.15, 0.2) is 0 Å². The molecule has 5 N–H and O–H groups in total. The first-order valence-electron chi connectivity index (χ1n) is 13.4. The molecule has 35 heavy (non-hydrogen) atoms. The number of hydrogen-bond acceptors (Lipinski definition) is 6. The van der Waals surface area contributed by atoms with Gasteiger partial charge in [0.2, 0.25) is 0 Å². The molecule has 1 aliphatic carbocycles. The molecule has 7 nitrogen and oxygen atoms in total. The number of aliphatic carboxylic acids is 1. The number of cyclic esters (lactones) is 1. The smallest absolute Gasteiger partial charge is 0.308 e. The van der Waals surface area contributed by atoms with Crippen molar-refractivity contribution in [2.75, 3.05) is 6.54 Å². The predicted molar refractivity (Wildman–Crippen MR) is 136 cm³/mol. The Balaban J connectivity index is 2.29. The Morgan fingerprint density at radius 2 is 1.71 bits per heavy atom. The number of hydrogen-bond donors (Lipinski definition) is 4. The number of carboxylic acids is 1. The van der Waals surface area contributed by atoms with Crippen LogP contribution in [0.1, 0.15) is 79.1 Å². The lowest BCUT2D eigenvalue weighted by Crippen LogP contribution is -2.34. The second-order valence-corrected chi connectivity index (χ2v) is 11.3. The summed E-state index contributed by atoms with van der Waals surface area (Å²) in [7, 11) is 0. The Morgan fingerprint density at radius 1 is 1.06 bits per heavy atom. The van der Waals surface area contributed by atoms with E-state index in [1.165, 1.54) is 0 Å². The molecular weight excluding hydrogens is 446 g/mol. The zero-order chi connectivity index (χ0) is 26.1. The molecule has 0 radical (unpaired) electrons. The molecular formula is C28H47NO6. The molecule has 1 heterocycles. The van der Waals surface area contributed by atoms with Gasteiger partial charge in [0.1, 0.15) is 6.10 Å². The van der Waals surface area contributed by atoms with E-state index in [0.717, 1.165) is 31.3 Å². The van der Waals surface area contributed by atoms with Crippen LogP contribution >= 0.6 is 0 Å². The fraction of sp³-hybridized carbons (Fsp3) is 0.786. The summed E-state index contributed by atoms with van der Waals surface area (Å²) in [5.74, 6) is -1.36. The third-order valence-electron chi connectivity index (χ3n) is 8.00. The van der Waals surface area contributed by atoms with E-state index in [4.69, 9.17) is 10.5 Å². The van der Waals surface area contributed by atoms with E-state index in [0.29, 0.717) is 31.1 Å². The van der Waals surface area contributed by atoms with Gasteiger partial charge in [-0.05, 0) is 61.3 Å². The van der Waals surface area contributed by atoms with E-state index in [1.807, 2.05) is 32.1 Å². The van der Waals surface area contributed by atoms with Crippen LogP contribution < -0.4 is 5.73 Å². The lowest BCUT2D eigenvalue weighted by molar-refractivity contribution is -0.159. The van der Waals surface area contributed by atoms with Gasteiger partial charge in [0, 0.05) is 18.9 Å². The Bertz CT molecular complexity index is 750. The van der Waals surface area contributed by atoms with Crippen molar-refractivity contribution in [2.45, 2.75) is 97.4 Å². The molecule has 1 aliphatic heterocycles. The minimum atomic E-state index is -0.855. The minimum absolute atomic E-state index is 0.0602. The number of ether oxygens (including phenoxy) is 1. The summed E-state index contributed by atoms with van der Waals surface area (Å²) in [6.07, 6.45) is 8.47. The van der Waals surface area contributed by atoms with Gasteiger partial charge in [0.25, 0.3) is 0 Å². The molecule has 0 amide bonds. The van der Waals surface area contributed by atoms with Crippen molar-refractivity contribution in [3.63, 3.8) is 0 Å². The van der Waals surface area contributed by atoms with Crippen LogP contribution in [0.5, 0.6) is 0 Å². The highest BCUT2D eigenvalue weighted by Crippen LogP contribution is 2.37. The van der Waals surface area contributed by atoms with Gasteiger partial charge >= 0.3 is 11.9 Å². The average molecular weight is 494 g/mol. The van der Waals surface area contributed by atoms with Gasteiger partial charge in [0.05, 0.1) is 24.5 Å². The normalized spacial score (nSPS) is 41.2. The van der Waals surface area contributed by atoms with E-state index >= 15 is 0 Å². The number of carbonyl (C=O) groups is 2. The summed E-state index contributed by atoms with van der Waals surface area (Å²) >= 11 is 0. The topological polar surface area (TPSA) is 130 Å². The van der Waals surface area contributed by atoms with Crippen LogP contribution in [0.3, 0.4) is 0 Å². The zero-order valence-corrected chi connectivity index (χ0v) is 21.9. The number of rotatable bonds is 3. The van der Waals surface area contributed by atoms with E-state index in [9.17, 15) is 24.9 Å². The third kappa shape index (κ3) is 9.03. The second-order valence-electron chi connectivity index (χ2n) is 11.3. The highest BCUT2D eigenvalue weighted by Gasteiger charge is 2.39. The number of carboxylic acid groups (broad SMARTS) is 1. The molecule has 0 spiro atoms. The van der Waals surface area contributed by atoms with Crippen LogP contribution in [0.15, 0.2) is 23.8 Å². The maximum atomic E-state index is 12.8. The second kappa shape index (κ2) is 14.1. The third-order valence-corrected chi connectivity index (χ3v) is 8.00. The molecule has 0 aromatic carbocycles.